The number of aliphatic imine (C=N–C) groups is 1. The maximum Gasteiger partial charge on any atom is 0.391 e. The second-order valence-corrected chi connectivity index (χ2v) is 7.53. The summed E-state index contributed by atoms with van der Waals surface area (Å²) in [7, 11) is 1.63. The van der Waals surface area contributed by atoms with E-state index in [0.717, 1.165) is 5.76 Å². The van der Waals surface area contributed by atoms with Crippen molar-refractivity contribution in [3.63, 3.8) is 0 Å². The highest BCUT2D eigenvalue weighted by atomic mass is 127. The van der Waals surface area contributed by atoms with Gasteiger partial charge in [0.05, 0.1) is 18.7 Å². The van der Waals surface area contributed by atoms with E-state index in [9.17, 15) is 13.2 Å². The van der Waals surface area contributed by atoms with Gasteiger partial charge in [0, 0.05) is 18.5 Å². The van der Waals surface area contributed by atoms with Crippen LogP contribution in [0.3, 0.4) is 0 Å². The first kappa shape index (κ1) is 23.0. The van der Waals surface area contributed by atoms with Gasteiger partial charge in [0.2, 0.25) is 5.89 Å². The molecule has 2 rings (SSSR count). The highest BCUT2D eigenvalue weighted by molar-refractivity contribution is 14.0. The highest BCUT2D eigenvalue weighted by Gasteiger charge is 2.41. The molecule has 1 aliphatic carbocycles. The van der Waals surface area contributed by atoms with Crippen LogP contribution in [0.4, 0.5) is 13.2 Å². The molecule has 5 nitrogen and oxygen atoms in total. The Bertz CT molecular complexity index is 588. The summed E-state index contributed by atoms with van der Waals surface area (Å²) >= 11 is 0. The number of guanidine groups is 1. The number of oxazole rings is 1. The Morgan fingerprint density at radius 1 is 1.23 bits per heavy atom. The summed E-state index contributed by atoms with van der Waals surface area (Å²) in [5.74, 6) is 0.723. The average molecular weight is 488 g/mol. The molecule has 9 heteroatoms. The van der Waals surface area contributed by atoms with Crippen molar-refractivity contribution in [2.45, 2.75) is 70.6 Å². The van der Waals surface area contributed by atoms with Gasteiger partial charge in [-0.1, -0.05) is 20.8 Å². The third-order valence-corrected chi connectivity index (χ3v) is 4.45. The number of nitrogens with zero attached hydrogens (tertiary/aromatic N) is 2. The zero-order valence-corrected chi connectivity index (χ0v) is 17.9. The monoisotopic (exact) mass is 488 g/mol. The number of nitrogens with one attached hydrogen (secondary N) is 2. The van der Waals surface area contributed by atoms with E-state index in [0.29, 0.717) is 31.2 Å². The van der Waals surface area contributed by atoms with Crippen LogP contribution >= 0.6 is 24.0 Å². The molecular formula is C17H28F3IN4O. The molecular weight excluding hydrogens is 460 g/mol. The SMILES string of the molecule is CN=C(NCc1ncc(C(C)(C)C)o1)NC1CCC(C(F)(F)F)CC1.I. The van der Waals surface area contributed by atoms with Crippen molar-refractivity contribution in [2.75, 3.05) is 7.05 Å². The molecule has 0 spiro atoms. The van der Waals surface area contributed by atoms with Crippen LogP contribution in [0.15, 0.2) is 15.6 Å². The fourth-order valence-corrected chi connectivity index (χ4v) is 2.85. The third-order valence-electron chi connectivity index (χ3n) is 4.45. The van der Waals surface area contributed by atoms with Crippen LogP contribution < -0.4 is 10.6 Å². The molecule has 1 aliphatic rings. The summed E-state index contributed by atoms with van der Waals surface area (Å²) in [5, 5.41) is 6.29. The molecule has 1 heterocycles. The lowest BCUT2D eigenvalue weighted by Gasteiger charge is -2.31. The zero-order valence-electron chi connectivity index (χ0n) is 15.6. The molecule has 150 valence electrons. The number of halogens is 4. The highest BCUT2D eigenvalue weighted by Crippen LogP contribution is 2.37. The normalized spacial score (nSPS) is 21.9. The van der Waals surface area contributed by atoms with E-state index < -0.39 is 12.1 Å². The Morgan fingerprint density at radius 3 is 2.31 bits per heavy atom. The molecule has 0 unspecified atom stereocenters. The molecule has 0 aliphatic heterocycles. The van der Waals surface area contributed by atoms with Crippen molar-refractivity contribution in [3.8, 4) is 0 Å². The van der Waals surface area contributed by atoms with Crippen LogP contribution in [0.2, 0.25) is 0 Å². The van der Waals surface area contributed by atoms with Gasteiger partial charge in [0.1, 0.15) is 5.76 Å². The van der Waals surface area contributed by atoms with Crippen molar-refractivity contribution in [1.82, 2.24) is 15.6 Å². The Kier molecular flexibility index (Phi) is 8.22. The van der Waals surface area contributed by atoms with E-state index in [4.69, 9.17) is 4.42 Å². The summed E-state index contributed by atoms with van der Waals surface area (Å²) < 4.78 is 43.9. The van der Waals surface area contributed by atoms with Gasteiger partial charge in [-0.3, -0.25) is 4.99 Å². The quantitative estimate of drug-likeness (QED) is 0.377. The number of aromatic nitrogens is 1. The smallest absolute Gasteiger partial charge is 0.391 e. The first-order chi connectivity index (χ1) is 11.6. The minimum absolute atomic E-state index is 0. The molecule has 0 atom stereocenters. The van der Waals surface area contributed by atoms with Gasteiger partial charge in [-0.2, -0.15) is 13.2 Å². The Balaban J connectivity index is 0.00000338. The standard InChI is InChI=1S/C17H27F3N4O.HI/c1-16(2,3)13-9-22-14(25-13)10-23-15(21-4)24-12-7-5-11(6-8-12)17(18,19)20;/h9,11-12H,5-8,10H2,1-4H3,(H2,21,23,24);1H. The van der Waals surface area contributed by atoms with E-state index in [1.54, 1.807) is 13.2 Å². The molecule has 0 aromatic carbocycles. The Hall–Kier alpha value is -1.00. The van der Waals surface area contributed by atoms with Gasteiger partial charge in [0.15, 0.2) is 5.96 Å². The second-order valence-electron chi connectivity index (χ2n) is 7.53. The maximum atomic E-state index is 12.7. The lowest BCUT2D eigenvalue weighted by molar-refractivity contribution is -0.182. The van der Waals surface area contributed by atoms with Gasteiger partial charge >= 0.3 is 6.18 Å². The minimum atomic E-state index is -4.08. The van der Waals surface area contributed by atoms with Crippen molar-refractivity contribution < 1.29 is 17.6 Å². The summed E-state index contributed by atoms with van der Waals surface area (Å²) in [4.78, 5) is 8.36. The van der Waals surface area contributed by atoms with Crippen LogP contribution in [0.5, 0.6) is 0 Å². The molecule has 1 saturated carbocycles. The van der Waals surface area contributed by atoms with Crippen LogP contribution in [-0.4, -0.2) is 30.2 Å². The Morgan fingerprint density at radius 2 is 1.85 bits per heavy atom. The number of hydrogen-bond donors (Lipinski definition) is 2. The first-order valence-corrected chi connectivity index (χ1v) is 8.58. The van der Waals surface area contributed by atoms with Crippen molar-refractivity contribution in [2.24, 2.45) is 10.9 Å². The molecule has 0 amide bonds. The summed E-state index contributed by atoms with van der Waals surface area (Å²) in [5.41, 5.74) is -0.109. The van der Waals surface area contributed by atoms with Crippen molar-refractivity contribution in [1.29, 1.82) is 0 Å². The largest absolute Gasteiger partial charge is 0.443 e. The molecule has 2 N–H and O–H groups in total. The predicted octanol–water partition coefficient (Wildman–Crippen LogP) is 4.38. The van der Waals surface area contributed by atoms with Gasteiger partial charge in [-0.05, 0) is 25.7 Å². The number of hydrogen-bond acceptors (Lipinski definition) is 3. The van der Waals surface area contributed by atoms with Crippen LogP contribution in [0.1, 0.15) is 58.1 Å². The van der Waals surface area contributed by atoms with Gasteiger partial charge in [-0.25, -0.2) is 4.98 Å². The lowest BCUT2D eigenvalue weighted by atomic mass is 9.85. The fourth-order valence-electron chi connectivity index (χ4n) is 2.85. The van der Waals surface area contributed by atoms with Crippen LogP contribution in [0, 0.1) is 5.92 Å². The number of alkyl halides is 3. The third kappa shape index (κ3) is 6.62. The van der Waals surface area contributed by atoms with E-state index in [1.807, 2.05) is 20.8 Å². The minimum Gasteiger partial charge on any atom is -0.443 e. The first-order valence-electron chi connectivity index (χ1n) is 8.58. The Labute approximate surface area is 169 Å². The van der Waals surface area contributed by atoms with Crippen LogP contribution in [0.25, 0.3) is 0 Å². The maximum absolute atomic E-state index is 12.7. The van der Waals surface area contributed by atoms with Gasteiger partial charge in [-0.15, -0.1) is 24.0 Å². The van der Waals surface area contributed by atoms with Gasteiger partial charge < -0.3 is 15.1 Å². The molecule has 26 heavy (non-hydrogen) atoms. The summed E-state index contributed by atoms with van der Waals surface area (Å²) in [6, 6.07) is -0.000466. The molecule has 1 fully saturated rings. The second kappa shape index (κ2) is 9.27. The van der Waals surface area contributed by atoms with E-state index in [2.05, 4.69) is 20.6 Å². The van der Waals surface area contributed by atoms with Gasteiger partial charge in [0.25, 0.3) is 0 Å². The van der Waals surface area contributed by atoms with E-state index in [-0.39, 0.29) is 48.3 Å². The zero-order chi connectivity index (χ0) is 18.7. The fraction of sp³-hybridized carbons (Fsp3) is 0.765. The summed E-state index contributed by atoms with van der Waals surface area (Å²) in [6.45, 7) is 6.50. The molecule has 0 saturated heterocycles. The van der Waals surface area contributed by atoms with E-state index in [1.165, 1.54) is 0 Å². The predicted molar refractivity (Wildman–Crippen MR) is 106 cm³/mol. The van der Waals surface area contributed by atoms with Crippen molar-refractivity contribution >= 4 is 29.9 Å². The lowest BCUT2D eigenvalue weighted by Crippen LogP contribution is -2.45. The molecule has 0 radical (unpaired) electrons. The summed E-state index contributed by atoms with van der Waals surface area (Å²) in [6.07, 6.45) is -1.08. The van der Waals surface area contributed by atoms with Crippen molar-refractivity contribution in [3.05, 3.63) is 17.8 Å². The average Bonchev–Trinajstić information content (AvgIpc) is 3.00. The van der Waals surface area contributed by atoms with Crippen LogP contribution in [-0.2, 0) is 12.0 Å². The molecule has 1 aromatic heterocycles. The molecule has 1 aromatic rings. The number of rotatable bonds is 3. The molecule has 0 bridgehead atoms. The topological polar surface area (TPSA) is 62.5 Å². The van der Waals surface area contributed by atoms with E-state index >= 15 is 0 Å².